The molecule has 2 fully saturated rings. The van der Waals surface area contributed by atoms with E-state index in [1.54, 1.807) is 6.20 Å². The van der Waals surface area contributed by atoms with Crippen molar-refractivity contribution in [3.05, 3.63) is 23.9 Å². The van der Waals surface area contributed by atoms with Gasteiger partial charge in [-0.05, 0) is 37.8 Å². The van der Waals surface area contributed by atoms with Crippen LogP contribution in [-0.2, 0) is 0 Å². The molecule has 1 aromatic rings. The van der Waals surface area contributed by atoms with Crippen molar-refractivity contribution in [2.24, 2.45) is 0 Å². The van der Waals surface area contributed by atoms with Crippen LogP contribution in [0.4, 0.5) is 5.82 Å². The standard InChI is InChI=1S/C20H31N3O2/c24-19(22-16-20(25)11-5-1-2-6-12-20)17-9-10-18(21-15-17)23-13-7-3-4-8-14-23/h9-10,15,25H,1-8,11-14,16H2,(H,22,24). The van der Waals surface area contributed by atoms with Gasteiger partial charge in [0.05, 0.1) is 11.2 Å². The first-order valence-electron chi connectivity index (χ1n) is 9.88. The molecular weight excluding hydrogens is 314 g/mol. The largest absolute Gasteiger partial charge is 0.388 e. The molecule has 2 aliphatic rings. The summed E-state index contributed by atoms with van der Waals surface area (Å²) in [5.41, 5.74) is -0.179. The monoisotopic (exact) mass is 345 g/mol. The Hall–Kier alpha value is -1.62. The highest BCUT2D eigenvalue weighted by atomic mass is 16.3. The van der Waals surface area contributed by atoms with E-state index < -0.39 is 5.60 Å². The average molecular weight is 345 g/mol. The van der Waals surface area contributed by atoms with Gasteiger partial charge in [0.25, 0.3) is 5.91 Å². The fraction of sp³-hybridized carbons (Fsp3) is 0.700. The summed E-state index contributed by atoms with van der Waals surface area (Å²) in [6.07, 6.45) is 12.7. The molecule has 1 saturated carbocycles. The van der Waals surface area contributed by atoms with Crippen molar-refractivity contribution in [1.29, 1.82) is 0 Å². The van der Waals surface area contributed by atoms with E-state index in [2.05, 4.69) is 15.2 Å². The molecule has 0 spiro atoms. The Morgan fingerprint density at radius 1 is 1.04 bits per heavy atom. The first kappa shape index (κ1) is 18.2. The number of pyridine rings is 1. The minimum absolute atomic E-state index is 0.146. The fourth-order valence-corrected chi connectivity index (χ4v) is 3.92. The van der Waals surface area contributed by atoms with E-state index in [1.165, 1.54) is 38.5 Å². The van der Waals surface area contributed by atoms with Gasteiger partial charge in [-0.15, -0.1) is 0 Å². The highest BCUT2D eigenvalue weighted by molar-refractivity contribution is 5.94. The number of nitrogens with one attached hydrogen (secondary N) is 1. The van der Waals surface area contributed by atoms with Crippen LogP contribution in [0, 0.1) is 0 Å². The van der Waals surface area contributed by atoms with Gasteiger partial charge >= 0.3 is 0 Å². The molecule has 138 valence electrons. The van der Waals surface area contributed by atoms with Crippen LogP contribution in [0.2, 0.25) is 0 Å². The van der Waals surface area contributed by atoms with Gasteiger partial charge in [0.2, 0.25) is 0 Å². The first-order valence-corrected chi connectivity index (χ1v) is 9.88. The summed E-state index contributed by atoms with van der Waals surface area (Å²) < 4.78 is 0. The van der Waals surface area contributed by atoms with Crippen LogP contribution in [-0.4, -0.2) is 41.2 Å². The maximum absolute atomic E-state index is 12.4. The third-order valence-electron chi connectivity index (χ3n) is 5.55. The Bertz CT molecular complexity index is 543. The molecule has 5 heteroatoms. The molecule has 3 rings (SSSR count). The summed E-state index contributed by atoms with van der Waals surface area (Å²) in [5, 5.41) is 13.6. The van der Waals surface area contributed by atoms with Gasteiger partial charge in [-0.2, -0.15) is 0 Å². The number of hydrogen-bond donors (Lipinski definition) is 2. The topological polar surface area (TPSA) is 65.5 Å². The van der Waals surface area contributed by atoms with Gasteiger partial charge in [0.15, 0.2) is 0 Å². The molecule has 25 heavy (non-hydrogen) atoms. The third-order valence-corrected chi connectivity index (χ3v) is 5.55. The Labute approximate surface area is 150 Å². The molecule has 1 amide bonds. The number of carbonyl (C=O) groups is 1. The Morgan fingerprint density at radius 2 is 1.68 bits per heavy atom. The number of nitrogens with zero attached hydrogens (tertiary/aromatic N) is 2. The SMILES string of the molecule is O=C(NCC1(O)CCCCCC1)c1ccc(N2CCCCCC2)nc1. The van der Waals surface area contributed by atoms with E-state index >= 15 is 0 Å². The molecular formula is C20H31N3O2. The second-order valence-corrected chi connectivity index (χ2v) is 7.63. The van der Waals surface area contributed by atoms with Gasteiger partial charge in [-0.25, -0.2) is 4.98 Å². The van der Waals surface area contributed by atoms with Gasteiger partial charge in [0, 0.05) is 25.8 Å². The van der Waals surface area contributed by atoms with Crippen LogP contribution in [0.15, 0.2) is 18.3 Å². The predicted octanol–water partition coefficient (Wildman–Crippen LogP) is 3.28. The second kappa shape index (κ2) is 8.65. The lowest BCUT2D eigenvalue weighted by Crippen LogP contribution is -2.42. The van der Waals surface area contributed by atoms with E-state index in [1.807, 2.05) is 12.1 Å². The van der Waals surface area contributed by atoms with E-state index in [0.29, 0.717) is 12.1 Å². The van der Waals surface area contributed by atoms with Crippen molar-refractivity contribution in [2.75, 3.05) is 24.5 Å². The van der Waals surface area contributed by atoms with Crippen molar-refractivity contribution in [2.45, 2.75) is 69.8 Å². The predicted molar refractivity (Wildman–Crippen MR) is 99.9 cm³/mol. The quantitative estimate of drug-likeness (QED) is 0.822. The normalized spacial score (nSPS) is 21.2. The number of anilines is 1. The minimum atomic E-state index is -0.744. The average Bonchev–Trinajstić information content (AvgIpc) is 3.03. The molecule has 1 aliphatic carbocycles. The number of rotatable bonds is 4. The first-order chi connectivity index (χ1) is 12.2. The minimum Gasteiger partial charge on any atom is -0.388 e. The summed E-state index contributed by atoms with van der Waals surface area (Å²) in [6.45, 7) is 2.43. The Kier molecular flexibility index (Phi) is 6.29. The lowest BCUT2D eigenvalue weighted by molar-refractivity contribution is 0.0246. The number of aliphatic hydroxyl groups is 1. The zero-order chi connectivity index (χ0) is 17.5. The second-order valence-electron chi connectivity index (χ2n) is 7.63. The van der Waals surface area contributed by atoms with E-state index in [9.17, 15) is 9.90 Å². The van der Waals surface area contributed by atoms with Crippen molar-refractivity contribution in [3.8, 4) is 0 Å². The van der Waals surface area contributed by atoms with Crippen LogP contribution in [0.25, 0.3) is 0 Å². The number of amides is 1. The summed E-state index contributed by atoms with van der Waals surface area (Å²) >= 11 is 0. The number of aromatic nitrogens is 1. The van der Waals surface area contributed by atoms with Crippen LogP contribution < -0.4 is 10.2 Å². The molecule has 0 aromatic carbocycles. The maximum Gasteiger partial charge on any atom is 0.252 e. The zero-order valence-corrected chi connectivity index (χ0v) is 15.2. The molecule has 5 nitrogen and oxygen atoms in total. The van der Waals surface area contributed by atoms with Crippen molar-refractivity contribution < 1.29 is 9.90 Å². The van der Waals surface area contributed by atoms with E-state index in [4.69, 9.17) is 0 Å². The zero-order valence-electron chi connectivity index (χ0n) is 15.2. The number of carbonyl (C=O) groups excluding carboxylic acids is 1. The highest BCUT2D eigenvalue weighted by Crippen LogP contribution is 2.26. The summed E-state index contributed by atoms with van der Waals surface area (Å²) in [7, 11) is 0. The van der Waals surface area contributed by atoms with Crippen LogP contribution >= 0.6 is 0 Å². The molecule has 0 atom stereocenters. The Morgan fingerprint density at radius 3 is 2.28 bits per heavy atom. The van der Waals surface area contributed by atoms with Gasteiger partial charge in [-0.1, -0.05) is 38.5 Å². The van der Waals surface area contributed by atoms with Gasteiger partial charge < -0.3 is 15.3 Å². The van der Waals surface area contributed by atoms with Crippen molar-refractivity contribution >= 4 is 11.7 Å². The molecule has 0 unspecified atom stereocenters. The smallest absolute Gasteiger partial charge is 0.252 e. The highest BCUT2D eigenvalue weighted by Gasteiger charge is 2.28. The summed E-state index contributed by atoms with van der Waals surface area (Å²) in [4.78, 5) is 19.2. The molecule has 1 aliphatic heterocycles. The van der Waals surface area contributed by atoms with Crippen molar-refractivity contribution in [1.82, 2.24) is 10.3 Å². The summed E-state index contributed by atoms with van der Waals surface area (Å²) in [6, 6.07) is 3.79. The summed E-state index contributed by atoms with van der Waals surface area (Å²) in [5.74, 6) is 0.813. The fourth-order valence-electron chi connectivity index (χ4n) is 3.92. The van der Waals surface area contributed by atoms with E-state index in [-0.39, 0.29) is 5.91 Å². The molecule has 2 heterocycles. The number of hydrogen-bond acceptors (Lipinski definition) is 4. The molecule has 2 N–H and O–H groups in total. The molecule has 0 radical (unpaired) electrons. The molecule has 1 aromatic heterocycles. The molecule has 1 saturated heterocycles. The molecule has 0 bridgehead atoms. The van der Waals surface area contributed by atoms with E-state index in [0.717, 1.165) is 44.6 Å². The van der Waals surface area contributed by atoms with Crippen molar-refractivity contribution in [3.63, 3.8) is 0 Å². The maximum atomic E-state index is 12.4. The third kappa shape index (κ3) is 5.18. The van der Waals surface area contributed by atoms with Gasteiger partial charge in [-0.3, -0.25) is 4.79 Å². The Balaban J connectivity index is 1.55. The lowest BCUT2D eigenvalue weighted by Gasteiger charge is -2.26. The van der Waals surface area contributed by atoms with Crippen LogP contribution in [0.5, 0.6) is 0 Å². The van der Waals surface area contributed by atoms with Crippen LogP contribution in [0.1, 0.15) is 74.6 Å². The van der Waals surface area contributed by atoms with Crippen LogP contribution in [0.3, 0.4) is 0 Å². The van der Waals surface area contributed by atoms with Gasteiger partial charge in [0.1, 0.15) is 5.82 Å². The lowest BCUT2D eigenvalue weighted by atomic mass is 9.94.